The summed E-state index contributed by atoms with van der Waals surface area (Å²) in [5.41, 5.74) is 2.65. The van der Waals surface area contributed by atoms with Crippen LogP contribution >= 0.6 is 11.8 Å². The SMILES string of the molecule is Cc1ccc2cccc(S(=O)(=O)N3CCSC(c4ccccc4)CC3)c2n1. The van der Waals surface area contributed by atoms with E-state index in [4.69, 9.17) is 0 Å². The largest absolute Gasteiger partial charge is 0.252 e. The van der Waals surface area contributed by atoms with Gasteiger partial charge in [0.25, 0.3) is 0 Å². The zero-order chi connectivity index (χ0) is 18.9. The number of thioether (sulfide) groups is 1. The Morgan fingerprint density at radius 3 is 2.63 bits per heavy atom. The number of aromatic nitrogens is 1. The van der Waals surface area contributed by atoms with Crippen molar-refractivity contribution in [1.29, 1.82) is 0 Å². The Hall–Kier alpha value is -1.89. The van der Waals surface area contributed by atoms with Gasteiger partial charge in [0, 0.05) is 35.2 Å². The van der Waals surface area contributed by atoms with Gasteiger partial charge in [0.1, 0.15) is 4.90 Å². The Labute approximate surface area is 164 Å². The summed E-state index contributed by atoms with van der Waals surface area (Å²) in [5.74, 6) is 0.788. The highest BCUT2D eigenvalue weighted by Gasteiger charge is 2.30. The maximum atomic E-state index is 13.4. The molecule has 3 aromatic rings. The number of nitrogens with zero attached hydrogens (tertiary/aromatic N) is 2. The van der Waals surface area contributed by atoms with Gasteiger partial charge in [-0.1, -0.05) is 48.5 Å². The summed E-state index contributed by atoms with van der Waals surface area (Å²) >= 11 is 1.84. The van der Waals surface area contributed by atoms with Gasteiger partial charge in [-0.2, -0.15) is 16.1 Å². The van der Waals surface area contributed by atoms with Crippen molar-refractivity contribution in [2.45, 2.75) is 23.5 Å². The number of fused-ring (bicyclic) bond motifs is 1. The highest BCUT2D eigenvalue weighted by atomic mass is 32.2. The third kappa shape index (κ3) is 3.74. The normalized spacial score (nSPS) is 19.1. The molecule has 2 aromatic carbocycles. The van der Waals surface area contributed by atoms with E-state index in [-0.39, 0.29) is 0 Å². The molecule has 1 aliphatic heterocycles. The van der Waals surface area contributed by atoms with E-state index in [1.807, 2.05) is 55.1 Å². The van der Waals surface area contributed by atoms with Crippen molar-refractivity contribution in [3.8, 4) is 0 Å². The van der Waals surface area contributed by atoms with Crippen LogP contribution in [0.5, 0.6) is 0 Å². The molecule has 0 bridgehead atoms. The van der Waals surface area contributed by atoms with Gasteiger partial charge in [-0.3, -0.25) is 4.98 Å². The fourth-order valence-corrected chi connectivity index (χ4v) is 6.45. The molecule has 27 heavy (non-hydrogen) atoms. The second kappa shape index (κ2) is 7.62. The van der Waals surface area contributed by atoms with Crippen molar-refractivity contribution in [1.82, 2.24) is 9.29 Å². The third-order valence-electron chi connectivity index (χ3n) is 4.91. The molecule has 140 valence electrons. The first-order chi connectivity index (χ1) is 13.1. The molecule has 0 amide bonds. The lowest BCUT2D eigenvalue weighted by atomic mass is 10.1. The smallest absolute Gasteiger partial charge is 0.245 e. The molecule has 0 aliphatic carbocycles. The van der Waals surface area contributed by atoms with E-state index >= 15 is 0 Å². The molecular formula is C21H22N2O2S2. The Bertz CT molecular complexity index is 1050. The molecule has 2 heterocycles. The zero-order valence-electron chi connectivity index (χ0n) is 15.2. The predicted molar refractivity (Wildman–Crippen MR) is 111 cm³/mol. The number of hydrogen-bond donors (Lipinski definition) is 0. The van der Waals surface area contributed by atoms with Gasteiger partial charge < -0.3 is 0 Å². The zero-order valence-corrected chi connectivity index (χ0v) is 16.8. The number of pyridine rings is 1. The van der Waals surface area contributed by atoms with Crippen LogP contribution < -0.4 is 0 Å². The van der Waals surface area contributed by atoms with E-state index in [9.17, 15) is 8.42 Å². The van der Waals surface area contributed by atoms with E-state index in [0.717, 1.165) is 23.3 Å². The van der Waals surface area contributed by atoms with Crippen LogP contribution in [-0.4, -0.2) is 36.5 Å². The highest BCUT2D eigenvalue weighted by molar-refractivity contribution is 7.99. The maximum absolute atomic E-state index is 13.4. The molecule has 1 saturated heterocycles. The molecule has 0 saturated carbocycles. The lowest BCUT2D eigenvalue weighted by molar-refractivity contribution is 0.428. The number of para-hydroxylation sites is 1. The molecule has 4 nitrogen and oxygen atoms in total. The molecule has 1 fully saturated rings. The minimum Gasteiger partial charge on any atom is -0.252 e. The number of sulfonamides is 1. The topological polar surface area (TPSA) is 50.3 Å². The van der Waals surface area contributed by atoms with Crippen LogP contribution in [0.15, 0.2) is 65.6 Å². The number of aryl methyl sites for hydroxylation is 1. The third-order valence-corrected chi connectivity index (χ3v) is 8.17. The molecule has 1 aromatic heterocycles. The number of rotatable bonds is 3. The summed E-state index contributed by atoms with van der Waals surface area (Å²) in [6, 6.07) is 19.6. The predicted octanol–water partition coefficient (Wildman–Crippen LogP) is 4.41. The van der Waals surface area contributed by atoms with Gasteiger partial charge in [0.2, 0.25) is 10.0 Å². The standard InChI is InChI=1S/C21H22N2O2S2/c1-16-10-11-18-8-5-9-20(21(18)22-16)27(24,25)23-13-12-19(26-15-14-23)17-6-3-2-4-7-17/h2-11,19H,12-15H2,1H3. The van der Waals surface area contributed by atoms with Crippen LogP contribution in [-0.2, 0) is 10.0 Å². The number of hydrogen-bond acceptors (Lipinski definition) is 4. The van der Waals surface area contributed by atoms with E-state index in [1.54, 1.807) is 16.4 Å². The lowest BCUT2D eigenvalue weighted by Crippen LogP contribution is -2.33. The average Bonchev–Trinajstić information content (AvgIpc) is 2.95. The Kier molecular flexibility index (Phi) is 5.21. The van der Waals surface area contributed by atoms with Crippen molar-refractivity contribution in [2.24, 2.45) is 0 Å². The molecule has 0 spiro atoms. The summed E-state index contributed by atoms with van der Waals surface area (Å²) in [7, 11) is -3.58. The van der Waals surface area contributed by atoms with Crippen LogP contribution in [0.1, 0.15) is 22.9 Å². The average molecular weight is 399 g/mol. The van der Waals surface area contributed by atoms with E-state index in [1.165, 1.54) is 5.56 Å². The second-order valence-corrected chi connectivity index (χ2v) is 9.96. The molecule has 6 heteroatoms. The monoisotopic (exact) mass is 398 g/mol. The van der Waals surface area contributed by atoms with E-state index in [0.29, 0.717) is 28.8 Å². The lowest BCUT2D eigenvalue weighted by Gasteiger charge is -2.21. The Morgan fingerprint density at radius 2 is 1.81 bits per heavy atom. The van der Waals surface area contributed by atoms with Gasteiger partial charge >= 0.3 is 0 Å². The van der Waals surface area contributed by atoms with Gasteiger partial charge in [0.05, 0.1) is 5.52 Å². The first-order valence-corrected chi connectivity index (χ1v) is 11.6. The first-order valence-electron chi connectivity index (χ1n) is 9.09. The van der Waals surface area contributed by atoms with Gasteiger partial charge in [-0.15, -0.1) is 0 Å². The molecule has 4 rings (SSSR count). The van der Waals surface area contributed by atoms with Crippen LogP contribution in [0, 0.1) is 6.92 Å². The van der Waals surface area contributed by atoms with Crippen molar-refractivity contribution >= 4 is 32.7 Å². The van der Waals surface area contributed by atoms with Crippen molar-refractivity contribution in [3.63, 3.8) is 0 Å². The van der Waals surface area contributed by atoms with Gasteiger partial charge in [0.15, 0.2) is 0 Å². The van der Waals surface area contributed by atoms with Crippen LogP contribution in [0.3, 0.4) is 0 Å². The molecule has 1 unspecified atom stereocenters. The second-order valence-electron chi connectivity index (χ2n) is 6.74. The molecule has 0 N–H and O–H groups in total. The summed E-state index contributed by atoms with van der Waals surface area (Å²) in [4.78, 5) is 4.82. The van der Waals surface area contributed by atoms with Crippen LogP contribution in [0.4, 0.5) is 0 Å². The van der Waals surface area contributed by atoms with Crippen molar-refractivity contribution in [2.75, 3.05) is 18.8 Å². The molecule has 1 aliphatic rings. The quantitative estimate of drug-likeness (QED) is 0.656. The summed E-state index contributed by atoms with van der Waals surface area (Å²) < 4.78 is 28.4. The van der Waals surface area contributed by atoms with Crippen LogP contribution in [0.25, 0.3) is 10.9 Å². The molecular weight excluding hydrogens is 376 g/mol. The molecule has 0 radical (unpaired) electrons. The maximum Gasteiger partial charge on any atom is 0.245 e. The van der Waals surface area contributed by atoms with E-state index < -0.39 is 10.0 Å². The minimum absolute atomic E-state index is 0.312. The minimum atomic E-state index is -3.58. The molecule has 1 atom stereocenters. The number of benzene rings is 2. The Morgan fingerprint density at radius 1 is 1.00 bits per heavy atom. The summed E-state index contributed by atoms with van der Waals surface area (Å²) in [5, 5.41) is 1.19. The fraction of sp³-hybridized carbons (Fsp3) is 0.286. The first kappa shape index (κ1) is 18.5. The van der Waals surface area contributed by atoms with Crippen LogP contribution in [0.2, 0.25) is 0 Å². The Balaban J connectivity index is 1.64. The van der Waals surface area contributed by atoms with Gasteiger partial charge in [-0.25, -0.2) is 8.42 Å². The summed E-state index contributed by atoms with van der Waals surface area (Å²) in [6.07, 6.45) is 0.811. The van der Waals surface area contributed by atoms with Gasteiger partial charge in [-0.05, 0) is 31.0 Å². The van der Waals surface area contributed by atoms with Crippen molar-refractivity contribution in [3.05, 3.63) is 71.9 Å². The fourth-order valence-electron chi connectivity index (χ4n) is 3.49. The highest BCUT2D eigenvalue weighted by Crippen LogP contribution is 2.36. The van der Waals surface area contributed by atoms with E-state index in [2.05, 4.69) is 17.1 Å². The summed E-state index contributed by atoms with van der Waals surface area (Å²) in [6.45, 7) is 2.94. The van der Waals surface area contributed by atoms with Crippen molar-refractivity contribution < 1.29 is 8.42 Å².